The van der Waals surface area contributed by atoms with Crippen LogP contribution in [-0.4, -0.2) is 51.8 Å². The number of amides is 1. The van der Waals surface area contributed by atoms with Gasteiger partial charge < -0.3 is 4.90 Å². The van der Waals surface area contributed by atoms with E-state index in [1.807, 2.05) is 13.0 Å². The number of aryl methyl sites for hydroxylation is 2. The van der Waals surface area contributed by atoms with Crippen molar-refractivity contribution >= 4 is 32.6 Å². The number of nitrogens with zero attached hydrogens (tertiary/aromatic N) is 5. The van der Waals surface area contributed by atoms with E-state index in [-0.39, 0.29) is 11.7 Å². The Hall–Kier alpha value is -2.32. The van der Waals surface area contributed by atoms with Crippen LogP contribution < -0.4 is 4.90 Å². The maximum absolute atomic E-state index is 14.1. The number of likely N-dealkylation sites (N-methyl/N-ethyl adjacent to an activating group) is 1. The van der Waals surface area contributed by atoms with Gasteiger partial charge in [0.05, 0.1) is 10.9 Å². The van der Waals surface area contributed by atoms with Crippen molar-refractivity contribution in [2.45, 2.75) is 20.8 Å². The summed E-state index contributed by atoms with van der Waals surface area (Å²) in [6.45, 7) is 9.04. The number of anilines is 1. The van der Waals surface area contributed by atoms with E-state index in [9.17, 15) is 9.18 Å². The Labute approximate surface area is 162 Å². The van der Waals surface area contributed by atoms with Crippen LogP contribution in [0.15, 0.2) is 24.4 Å². The van der Waals surface area contributed by atoms with Gasteiger partial charge >= 0.3 is 0 Å². The highest BCUT2D eigenvalue weighted by Crippen LogP contribution is 2.31. The second-order valence-electron chi connectivity index (χ2n) is 6.37. The van der Waals surface area contributed by atoms with Crippen molar-refractivity contribution < 1.29 is 9.18 Å². The van der Waals surface area contributed by atoms with Crippen LogP contribution in [0.5, 0.6) is 0 Å². The van der Waals surface area contributed by atoms with Gasteiger partial charge in [-0.15, -0.1) is 0 Å². The Bertz CT molecular complexity index is 927. The molecule has 0 N–H and O–H groups in total. The first-order valence-electron chi connectivity index (χ1n) is 9.04. The van der Waals surface area contributed by atoms with Gasteiger partial charge in [-0.3, -0.25) is 14.4 Å². The molecule has 3 rings (SSSR count). The normalized spacial score (nSPS) is 11.5. The zero-order valence-electron chi connectivity index (χ0n) is 16.1. The van der Waals surface area contributed by atoms with Crippen molar-refractivity contribution in [3.05, 3.63) is 41.5 Å². The fraction of sp³-hybridized carbons (Fsp3) is 0.421. The van der Waals surface area contributed by atoms with Crippen LogP contribution in [0.25, 0.3) is 10.2 Å². The molecule has 8 heteroatoms. The van der Waals surface area contributed by atoms with Gasteiger partial charge in [0, 0.05) is 20.1 Å². The molecule has 0 aliphatic rings. The molecule has 1 aromatic carbocycles. The average Bonchev–Trinajstić information content (AvgIpc) is 3.22. The summed E-state index contributed by atoms with van der Waals surface area (Å²) in [6, 6.07) is 4.87. The SMILES string of the molecule is CCN(CC)CCN(C(=O)c1c(C)cnn1C)c1nc2c(F)cccc2s1. The molecule has 0 fully saturated rings. The third kappa shape index (κ3) is 3.86. The minimum Gasteiger partial charge on any atom is -0.302 e. The lowest BCUT2D eigenvalue weighted by Crippen LogP contribution is -2.39. The minimum absolute atomic E-state index is 0.167. The van der Waals surface area contributed by atoms with Crippen molar-refractivity contribution in [3.8, 4) is 0 Å². The van der Waals surface area contributed by atoms with E-state index >= 15 is 0 Å². The number of fused-ring (bicyclic) bond motifs is 1. The Kier molecular flexibility index (Phi) is 5.86. The summed E-state index contributed by atoms with van der Waals surface area (Å²) in [5.41, 5.74) is 1.64. The van der Waals surface area contributed by atoms with Gasteiger partial charge in [0.1, 0.15) is 17.0 Å². The van der Waals surface area contributed by atoms with Gasteiger partial charge in [-0.1, -0.05) is 31.3 Å². The summed E-state index contributed by atoms with van der Waals surface area (Å²) >= 11 is 1.33. The molecule has 0 saturated heterocycles. The lowest BCUT2D eigenvalue weighted by atomic mass is 10.2. The second-order valence-corrected chi connectivity index (χ2v) is 7.38. The summed E-state index contributed by atoms with van der Waals surface area (Å²) in [4.78, 5) is 21.6. The number of halogens is 1. The first kappa shape index (κ1) is 19.4. The molecular formula is C19H24FN5OS. The number of hydrogen-bond acceptors (Lipinski definition) is 5. The molecule has 27 heavy (non-hydrogen) atoms. The number of para-hydroxylation sites is 1. The molecule has 0 atom stereocenters. The zero-order valence-corrected chi connectivity index (χ0v) is 16.9. The van der Waals surface area contributed by atoms with E-state index in [0.717, 1.165) is 23.4 Å². The fourth-order valence-electron chi connectivity index (χ4n) is 3.07. The third-order valence-corrected chi connectivity index (χ3v) is 5.74. The average molecular weight is 390 g/mol. The number of carbonyl (C=O) groups excluding carboxylic acids is 1. The Balaban J connectivity index is 2.00. The molecule has 1 amide bonds. The Morgan fingerprint density at radius 3 is 2.59 bits per heavy atom. The van der Waals surface area contributed by atoms with E-state index in [1.165, 1.54) is 17.4 Å². The number of benzene rings is 1. The summed E-state index contributed by atoms with van der Waals surface area (Å²) in [7, 11) is 1.75. The standard InChI is InChI=1S/C19H24FN5OS/c1-5-24(6-2)10-11-25(18(26)17-13(3)12-21-23(17)4)19-22-16-14(20)8-7-9-15(16)27-19/h7-9,12H,5-6,10-11H2,1-4H3. The molecular weight excluding hydrogens is 365 g/mol. The lowest BCUT2D eigenvalue weighted by molar-refractivity contribution is 0.0974. The molecule has 0 radical (unpaired) electrons. The molecule has 2 aromatic heterocycles. The lowest BCUT2D eigenvalue weighted by Gasteiger charge is -2.25. The predicted molar refractivity (Wildman–Crippen MR) is 107 cm³/mol. The Morgan fingerprint density at radius 1 is 1.26 bits per heavy atom. The summed E-state index contributed by atoms with van der Waals surface area (Å²) in [5.74, 6) is -0.540. The minimum atomic E-state index is -0.372. The van der Waals surface area contributed by atoms with Crippen LogP contribution in [0.3, 0.4) is 0 Å². The van der Waals surface area contributed by atoms with Crippen molar-refractivity contribution in [3.63, 3.8) is 0 Å². The van der Waals surface area contributed by atoms with Gasteiger partial charge in [0.25, 0.3) is 5.91 Å². The fourth-order valence-corrected chi connectivity index (χ4v) is 4.07. The van der Waals surface area contributed by atoms with Crippen LogP contribution in [0, 0.1) is 12.7 Å². The van der Waals surface area contributed by atoms with Crippen LogP contribution in [0.2, 0.25) is 0 Å². The summed E-state index contributed by atoms with van der Waals surface area (Å²) in [5, 5.41) is 4.69. The van der Waals surface area contributed by atoms with E-state index in [1.54, 1.807) is 28.9 Å². The molecule has 6 nitrogen and oxygen atoms in total. The Morgan fingerprint density at radius 2 is 2.00 bits per heavy atom. The zero-order chi connectivity index (χ0) is 19.6. The van der Waals surface area contributed by atoms with Crippen LogP contribution in [-0.2, 0) is 7.05 Å². The van der Waals surface area contributed by atoms with Gasteiger partial charge in [0.2, 0.25) is 0 Å². The number of thiazole rings is 1. The molecule has 0 aliphatic carbocycles. The van der Waals surface area contributed by atoms with Crippen LogP contribution in [0.4, 0.5) is 9.52 Å². The number of carbonyl (C=O) groups is 1. The van der Waals surface area contributed by atoms with Gasteiger partial charge in [-0.05, 0) is 37.7 Å². The highest BCUT2D eigenvalue weighted by molar-refractivity contribution is 7.22. The number of rotatable bonds is 7. The molecule has 144 valence electrons. The smallest absolute Gasteiger partial charge is 0.278 e. The van der Waals surface area contributed by atoms with Gasteiger partial charge in [-0.25, -0.2) is 9.37 Å². The molecule has 2 heterocycles. The van der Waals surface area contributed by atoms with Crippen molar-refractivity contribution in [1.82, 2.24) is 19.7 Å². The predicted octanol–water partition coefficient (Wildman–Crippen LogP) is 3.47. The van der Waals surface area contributed by atoms with Crippen molar-refractivity contribution in [2.24, 2.45) is 7.05 Å². The summed E-state index contributed by atoms with van der Waals surface area (Å²) < 4.78 is 16.4. The monoisotopic (exact) mass is 389 g/mol. The third-order valence-electron chi connectivity index (χ3n) is 4.69. The molecule has 0 saturated carbocycles. The summed E-state index contributed by atoms with van der Waals surface area (Å²) in [6.07, 6.45) is 1.67. The van der Waals surface area contributed by atoms with E-state index in [0.29, 0.717) is 29.4 Å². The van der Waals surface area contributed by atoms with Gasteiger partial charge in [-0.2, -0.15) is 5.10 Å². The maximum Gasteiger partial charge on any atom is 0.278 e. The van der Waals surface area contributed by atoms with E-state index < -0.39 is 0 Å². The number of aromatic nitrogens is 3. The highest BCUT2D eigenvalue weighted by Gasteiger charge is 2.26. The molecule has 0 bridgehead atoms. The van der Waals surface area contributed by atoms with E-state index in [4.69, 9.17) is 0 Å². The first-order valence-corrected chi connectivity index (χ1v) is 9.85. The maximum atomic E-state index is 14.1. The first-order chi connectivity index (χ1) is 13.0. The molecule has 0 spiro atoms. The van der Waals surface area contributed by atoms with Crippen molar-refractivity contribution in [1.29, 1.82) is 0 Å². The molecule has 0 aliphatic heterocycles. The topological polar surface area (TPSA) is 54.3 Å². The van der Waals surface area contributed by atoms with Crippen LogP contribution in [0.1, 0.15) is 29.9 Å². The van der Waals surface area contributed by atoms with Gasteiger partial charge in [0.15, 0.2) is 5.13 Å². The highest BCUT2D eigenvalue weighted by atomic mass is 32.1. The van der Waals surface area contributed by atoms with Crippen molar-refractivity contribution in [2.75, 3.05) is 31.1 Å². The van der Waals surface area contributed by atoms with E-state index in [2.05, 4.69) is 28.8 Å². The molecule has 0 unspecified atom stereocenters. The largest absolute Gasteiger partial charge is 0.302 e. The van der Waals surface area contributed by atoms with Crippen LogP contribution >= 0.6 is 11.3 Å². The quantitative estimate of drug-likeness (QED) is 0.621. The second kappa shape index (κ2) is 8.14. The number of hydrogen-bond donors (Lipinski definition) is 0. The molecule has 3 aromatic rings.